The Morgan fingerprint density at radius 1 is 1.55 bits per heavy atom. The summed E-state index contributed by atoms with van der Waals surface area (Å²) in [6.45, 7) is 2.68. The number of thioether (sulfide) groups is 2. The first-order chi connectivity index (χ1) is 9.47. The number of rotatable bonds is 6. The fourth-order valence-electron chi connectivity index (χ4n) is 2.15. The highest BCUT2D eigenvalue weighted by molar-refractivity contribution is 7.99. The van der Waals surface area contributed by atoms with E-state index in [2.05, 4.69) is 6.26 Å². The van der Waals surface area contributed by atoms with Crippen LogP contribution in [-0.4, -0.2) is 76.1 Å². The molecular formula is C13H24N2O3S2. The van der Waals surface area contributed by atoms with Crippen molar-refractivity contribution in [3.05, 3.63) is 0 Å². The summed E-state index contributed by atoms with van der Waals surface area (Å²) >= 11 is 3.49. The van der Waals surface area contributed by atoms with Gasteiger partial charge in [0.25, 0.3) is 0 Å². The molecule has 1 N–H and O–H groups in total. The number of urea groups is 1. The maximum absolute atomic E-state index is 12.5. The van der Waals surface area contributed by atoms with Crippen LogP contribution >= 0.6 is 23.5 Å². The van der Waals surface area contributed by atoms with Crippen LogP contribution in [0, 0.1) is 0 Å². The van der Waals surface area contributed by atoms with Gasteiger partial charge in [0.15, 0.2) is 0 Å². The summed E-state index contributed by atoms with van der Waals surface area (Å²) in [6.07, 6.45) is 3.04. The van der Waals surface area contributed by atoms with E-state index in [0.29, 0.717) is 12.3 Å². The molecule has 1 fully saturated rings. The molecule has 2 amide bonds. The lowest BCUT2D eigenvalue weighted by Crippen LogP contribution is -2.53. The van der Waals surface area contributed by atoms with Gasteiger partial charge in [0.1, 0.15) is 0 Å². The Hall–Kier alpha value is -0.560. The largest absolute Gasteiger partial charge is 0.481 e. The molecule has 0 saturated carbocycles. The van der Waals surface area contributed by atoms with Gasteiger partial charge in [0.2, 0.25) is 0 Å². The van der Waals surface area contributed by atoms with E-state index in [1.165, 1.54) is 0 Å². The van der Waals surface area contributed by atoms with Gasteiger partial charge in [0, 0.05) is 31.1 Å². The third kappa shape index (κ3) is 5.09. The Kier molecular flexibility index (Phi) is 7.58. The number of carboxylic acids is 1. The molecule has 0 aromatic rings. The quantitative estimate of drug-likeness (QED) is 0.812. The Morgan fingerprint density at radius 2 is 2.25 bits per heavy atom. The molecule has 1 saturated heterocycles. The predicted molar refractivity (Wildman–Crippen MR) is 85.7 cm³/mol. The van der Waals surface area contributed by atoms with Gasteiger partial charge in [-0.3, -0.25) is 4.79 Å². The van der Waals surface area contributed by atoms with E-state index >= 15 is 0 Å². The minimum atomic E-state index is -0.839. The molecule has 1 aliphatic heterocycles. The molecule has 1 heterocycles. The number of carbonyl (C=O) groups excluding carboxylic acids is 1. The second-order valence-electron chi connectivity index (χ2n) is 5.04. The Bertz CT molecular complexity index is 342. The van der Waals surface area contributed by atoms with Crippen LogP contribution in [0.1, 0.15) is 19.8 Å². The maximum atomic E-state index is 12.5. The zero-order chi connectivity index (χ0) is 15.1. The number of hydrogen-bond acceptors (Lipinski definition) is 4. The van der Waals surface area contributed by atoms with Crippen LogP contribution in [0.25, 0.3) is 0 Å². The first-order valence-corrected chi connectivity index (χ1v) is 9.34. The zero-order valence-electron chi connectivity index (χ0n) is 12.4. The normalized spacial score (nSPS) is 20.6. The molecule has 20 heavy (non-hydrogen) atoms. The van der Waals surface area contributed by atoms with Crippen LogP contribution in [0.2, 0.25) is 0 Å². The minimum absolute atomic E-state index is 0.0335. The fourth-order valence-corrected chi connectivity index (χ4v) is 3.79. The van der Waals surface area contributed by atoms with Gasteiger partial charge < -0.3 is 14.9 Å². The molecule has 7 heteroatoms. The van der Waals surface area contributed by atoms with Gasteiger partial charge in [0.05, 0.1) is 12.5 Å². The van der Waals surface area contributed by atoms with Gasteiger partial charge in [-0.2, -0.15) is 23.5 Å². The first kappa shape index (κ1) is 17.5. The van der Waals surface area contributed by atoms with Crippen molar-refractivity contribution >= 4 is 35.5 Å². The second kappa shape index (κ2) is 8.67. The number of hydrogen-bond donors (Lipinski definition) is 1. The summed E-state index contributed by atoms with van der Waals surface area (Å²) in [5.74, 6) is 1.78. The molecule has 0 aromatic heterocycles. The monoisotopic (exact) mass is 320 g/mol. The molecule has 1 aliphatic rings. The lowest BCUT2D eigenvalue weighted by molar-refractivity contribution is -0.138. The average molecular weight is 320 g/mol. The summed E-state index contributed by atoms with van der Waals surface area (Å²) in [4.78, 5) is 26.9. The van der Waals surface area contributed by atoms with Gasteiger partial charge in [-0.05, 0) is 25.4 Å². The molecule has 0 radical (unpaired) electrons. The predicted octanol–water partition coefficient (Wildman–Crippen LogP) is 2.07. The van der Waals surface area contributed by atoms with Crippen molar-refractivity contribution in [2.24, 2.45) is 0 Å². The van der Waals surface area contributed by atoms with Gasteiger partial charge >= 0.3 is 12.0 Å². The van der Waals surface area contributed by atoms with Crippen molar-refractivity contribution in [3.8, 4) is 0 Å². The summed E-state index contributed by atoms with van der Waals surface area (Å²) in [7, 11) is 1.81. The molecule has 2 unspecified atom stereocenters. The lowest BCUT2D eigenvalue weighted by Gasteiger charge is -2.38. The topological polar surface area (TPSA) is 60.9 Å². The van der Waals surface area contributed by atoms with Crippen LogP contribution in [-0.2, 0) is 4.79 Å². The first-order valence-electron chi connectivity index (χ1n) is 6.79. The second-order valence-corrected chi connectivity index (χ2v) is 7.18. The van der Waals surface area contributed by atoms with Crippen LogP contribution in [0.15, 0.2) is 0 Å². The smallest absolute Gasteiger partial charge is 0.320 e. The molecule has 0 spiro atoms. The van der Waals surface area contributed by atoms with Crippen LogP contribution in [0.3, 0.4) is 0 Å². The van der Waals surface area contributed by atoms with Crippen molar-refractivity contribution in [3.63, 3.8) is 0 Å². The van der Waals surface area contributed by atoms with Crippen LogP contribution in [0.5, 0.6) is 0 Å². The highest BCUT2D eigenvalue weighted by Crippen LogP contribution is 2.21. The molecule has 0 aliphatic carbocycles. The molecule has 1 rings (SSSR count). The number of nitrogens with zero attached hydrogens (tertiary/aromatic N) is 2. The maximum Gasteiger partial charge on any atom is 0.320 e. The molecule has 5 nitrogen and oxygen atoms in total. The zero-order valence-corrected chi connectivity index (χ0v) is 14.0. The Balaban J connectivity index is 2.63. The minimum Gasteiger partial charge on any atom is -0.481 e. The Labute approximate surface area is 129 Å². The van der Waals surface area contributed by atoms with Crippen molar-refractivity contribution in [2.45, 2.75) is 31.8 Å². The van der Waals surface area contributed by atoms with Crippen LogP contribution < -0.4 is 0 Å². The summed E-state index contributed by atoms with van der Waals surface area (Å²) in [6, 6.07) is -0.0471. The van der Waals surface area contributed by atoms with E-state index < -0.39 is 5.97 Å². The van der Waals surface area contributed by atoms with Gasteiger partial charge in [-0.25, -0.2) is 4.79 Å². The van der Waals surface area contributed by atoms with Crippen molar-refractivity contribution in [1.82, 2.24) is 9.80 Å². The van der Waals surface area contributed by atoms with Gasteiger partial charge in [-0.15, -0.1) is 0 Å². The molecule has 0 aromatic carbocycles. The summed E-state index contributed by atoms with van der Waals surface area (Å²) in [5, 5.41) is 8.97. The van der Waals surface area contributed by atoms with E-state index in [1.807, 2.05) is 14.0 Å². The van der Waals surface area contributed by atoms with E-state index in [1.54, 1.807) is 33.3 Å². The molecular weight excluding hydrogens is 296 g/mol. The average Bonchev–Trinajstić information content (AvgIpc) is 2.43. The molecule has 116 valence electrons. The standard InChI is InChI=1S/C13H24N2O3S2/c1-10(4-6-19-3)14(2)13(18)15-5-7-20-9-11(15)8-12(16)17/h10-11H,4-9H2,1-3H3,(H,16,17). The third-order valence-corrected chi connectivity index (χ3v) is 5.32. The highest BCUT2D eigenvalue weighted by atomic mass is 32.2. The summed E-state index contributed by atoms with van der Waals surface area (Å²) < 4.78 is 0. The van der Waals surface area contributed by atoms with Crippen molar-refractivity contribution in [1.29, 1.82) is 0 Å². The number of aliphatic carboxylic acids is 1. The molecule has 0 bridgehead atoms. The van der Waals surface area contributed by atoms with Crippen LogP contribution in [0.4, 0.5) is 4.79 Å². The Morgan fingerprint density at radius 3 is 2.85 bits per heavy atom. The van der Waals surface area contributed by atoms with Crippen molar-refractivity contribution < 1.29 is 14.7 Å². The van der Waals surface area contributed by atoms with Crippen molar-refractivity contribution in [2.75, 3.05) is 37.1 Å². The number of carbonyl (C=O) groups is 2. The lowest BCUT2D eigenvalue weighted by atomic mass is 10.2. The SMILES string of the molecule is CSCCC(C)N(C)C(=O)N1CCSCC1CC(=O)O. The van der Waals surface area contributed by atoms with E-state index in [0.717, 1.165) is 17.9 Å². The third-order valence-electron chi connectivity index (χ3n) is 3.59. The number of carboxylic acid groups (broad SMARTS) is 1. The fraction of sp³-hybridized carbons (Fsp3) is 0.846. The van der Waals surface area contributed by atoms with Gasteiger partial charge in [-0.1, -0.05) is 0 Å². The highest BCUT2D eigenvalue weighted by Gasteiger charge is 2.31. The van der Waals surface area contributed by atoms with E-state index in [9.17, 15) is 9.59 Å². The van der Waals surface area contributed by atoms with E-state index in [4.69, 9.17) is 5.11 Å². The number of amides is 2. The molecule has 2 atom stereocenters. The summed E-state index contributed by atoms with van der Waals surface area (Å²) in [5.41, 5.74) is 0. The van der Waals surface area contributed by atoms with E-state index in [-0.39, 0.29) is 24.5 Å².